The molecule has 128 valence electrons. The van der Waals surface area contributed by atoms with E-state index in [1.54, 1.807) is 4.90 Å². The number of nitrogens with zero attached hydrogens (tertiary/aromatic N) is 1. The van der Waals surface area contributed by atoms with Gasteiger partial charge in [0.2, 0.25) is 0 Å². The zero-order valence-corrected chi connectivity index (χ0v) is 16.1. The molecule has 5 heteroatoms. The summed E-state index contributed by atoms with van der Waals surface area (Å²) < 4.78 is 6.49. The number of likely N-dealkylation sites (tertiary alicyclic amines) is 1. The zero-order chi connectivity index (χ0) is 17.5. The van der Waals surface area contributed by atoms with Gasteiger partial charge in [-0.2, -0.15) is 0 Å². The molecule has 1 aromatic rings. The van der Waals surface area contributed by atoms with E-state index in [0.717, 1.165) is 5.56 Å². The van der Waals surface area contributed by atoms with Gasteiger partial charge in [0.05, 0.1) is 11.6 Å². The van der Waals surface area contributed by atoms with Crippen molar-refractivity contribution in [1.29, 1.82) is 0 Å². The fraction of sp³-hybridized carbons (Fsp3) is 0.611. The van der Waals surface area contributed by atoms with Gasteiger partial charge < -0.3 is 9.53 Å². The topological polar surface area (TPSA) is 49.8 Å². The summed E-state index contributed by atoms with van der Waals surface area (Å²) in [6, 6.07) is 9.89. The molecular weight excluding hydrogens is 306 g/mol. The highest BCUT2D eigenvalue weighted by Gasteiger charge is 2.49. The second-order valence-corrected chi connectivity index (χ2v) is 13.0. The van der Waals surface area contributed by atoms with Gasteiger partial charge >= 0.3 is 6.09 Å². The van der Waals surface area contributed by atoms with E-state index in [1.165, 1.54) is 0 Å². The normalized spacial score (nSPS) is 25.7. The molecule has 1 heterocycles. The number of hydrogen-bond acceptors (Lipinski definition) is 2. The first-order chi connectivity index (χ1) is 10.5. The summed E-state index contributed by atoms with van der Waals surface area (Å²) in [6.45, 7) is 13.5. The Morgan fingerprint density at radius 2 is 1.87 bits per heavy atom. The molecule has 0 saturated carbocycles. The van der Waals surface area contributed by atoms with Gasteiger partial charge in [-0.3, -0.25) is 4.90 Å². The number of hydrogen-bond donors (Lipinski definition) is 1. The van der Waals surface area contributed by atoms with Crippen molar-refractivity contribution in [1.82, 2.24) is 4.90 Å². The molecule has 0 unspecified atom stereocenters. The van der Waals surface area contributed by atoms with Gasteiger partial charge in [-0.25, -0.2) is 4.79 Å². The van der Waals surface area contributed by atoms with Gasteiger partial charge in [-0.1, -0.05) is 51.1 Å². The van der Waals surface area contributed by atoms with Crippen molar-refractivity contribution in [3.05, 3.63) is 35.9 Å². The predicted molar refractivity (Wildman–Crippen MR) is 95.2 cm³/mol. The van der Waals surface area contributed by atoms with E-state index in [2.05, 4.69) is 33.9 Å². The molecule has 0 aliphatic carbocycles. The highest BCUT2D eigenvalue weighted by atomic mass is 28.4. The van der Waals surface area contributed by atoms with E-state index in [1.807, 2.05) is 37.3 Å². The Labute approximate surface area is 140 Å². The molecule has 2 atom stereocenters. The number of amides is 1. The number of carbonyl (C=O) groups is 1. The number of carboxylic acid groups (broad SMARTS) is 1. The zero-order valence-electron chi connectivity index (χ0n) is 15.1. The Morgan fingerprint density at radius 3 is 2.35 bits per heavy atom. The van der Waals surface area contributed by atoms with Crippen LogP contribution in [0.1, 0.15) is 39.7 Å². The molecule has 1 aliphatic heterocycles. The van der Waals surface area contributed by atoms with Crippen LogP contribution in [0.15, 0.2) is 30.3 Å². The molecule has 1 aromatic carbocycles. The molecule has 0 spiro atoms. The van der Waals surface area contributed by atoms with Crippen molar-refractivity contribution in [2.24, 2.45) is 0 Å². The van der Waals surface area contributed by atoms with Crippen LogP contribution in [0.4, 0.5) is 4.79 Å². The van der Waals surface area contributed by atoms with Crippen molar-refractivity contribution < 1.29 is 14.3 Å². The lowest BCUT2D eigenvalue weighted by Crippen LogP contribution is -2.45. The smallest absolute Gasteiger partial charge is 0.408 e. The molecule has 23 heavy (non-hydrogen) atoms. The predicted octanol–water partition coefficient (Wildman–Crippen LogP) is 4.68. The van der Waals surface area contributed by atoms with Crippen molar-refractivity contribution in [2.75, 3.05) is 6.54 Å². The van der Waals surface area contributed by atoms with Gasteiger partial charge in [0.15, 0.2) is 8.32 Å². The Bertz CT molecular complexity index is 567. The number of benzene rings is 1. The van der Waals surface area contributed by atoms with E-state index in [0.29, 0.717) is 13.0 Å². The average Bonchev–Trinajstić information content (AvgIpc) is 2.76. The van der Waals surface area contributed by atoms with Crippen LogP contribution in [0.3, 0.4) is 0 Å². The quantitative estimate of drug-likeness (QED) is 0.816. The van der Waals surface area contributed by atoms with Crippen molar-refractivity contribution in [2.45, 2.75) is 63.9 Å². The molecule has 2 rings (SSSR count). The molecule has 1 saturated heterocycles. The third-order valence-electron chi connectivity index (χ3n) is 5.50. The second-order valence-electron chi connectivity index (χ2n) is 8.24. The van der Waals surface area contributed by atoms with Crippen LogP contribution in [0.5, 0.6) is 0 Å². The minimum atomic E-state index is -1.92. The lowest BCUT2D eigenvalue weighted by atomic mass is 9.89. The van der Waals surface area contributed by atoms with Crippen LogP contribution in [-0.4, -0.2) is 37.1 Å². The van der Waals surface area contributed by atoms with Gasteiger partial charge in [0, 0.05) is 13.0 Å². The summed E-state index contributed by atoms with van der Waals surface area (Å²) in [5.41, 5.74) is 0.504. The first kappa shape index (κ1) is 18.0. The van der Waals surface area contributed by atoms with Crippen LogP contribution >= 0.6 is 0 Å². The summed E-state index contributed by atoms with van der Waals surface area (Å²) >= 11 is 0. The monoisotopic (exact) mass is 335 g/mol. The molecule has 1 aliphatic rings. The van der Waals surface area contributed by atoms with Crippen LogP contribution in [-0.2, 0) is 9.96 Å². The van der Waals surface area contributed by atoms with Gasteiger partial charge in [-0.15, -0.1) is 0 Å². The first-order valence-corrected chi connectivity index (χ1v) is 11.1. The lowest BCUT2D eigenvalue weighted by molar-refractivity contribution is 0.108. The summed E-state index contributed by atoms with van der Waals surface area (Å²) in [5, 5.41) is 9.79. The molecular formula is C18H29NO3Si. The number of rotatable bonds is 3. The molecule has 0 aromatic heterocycles. The van der Waals surface area contributed by atoms with E-state index >= 15 is 0 Å². The van der Waals surface area contributed by atoms with Crippen molar-refractivity contribution in [3.63, 3.8) is 0 Å². The van der Waals surface area contributed by atoms with Crippen LogP contribution in [0, 0.1) is 0 Å². The minimum absolute atomic E-state index is 0.0443. The highest BCUT2D eigenvalue weighted by Crippen LogP contribution is 2.43. The summed E-state index contributed by atoms with van der Waals surface area (Å²) in [6.07, 6.45) is -0.217. The van der Waals surface area contributed by atoms with E-state index in [-0.39, 0.29) is 11.1 Å². The van der Waals surface area contributed by atoms with Crippen LogP contribution < -0.4 is 0 Å². The summed E-state index contributed by atoms with van der Waals surface area (Å²) in [5.74, 6) is 0. The van der Waals surface area contributed by atoms with Crippen LogP contribution in [0.25, 0.3) is 0 Å². The maximum absolute atomic E-state index is 11.8. The lowest BCUT2D eigenvalue weighted by Gasteiger charge is -2.38. The van der Waals surface area contributed by atoms with Gasteiger partial charge in [0.1, 0.15) is 0 Å². The average molecular weight is 336 g/mol. The van der Waals surface area contributed by atoms with Crippen LogP contribution in [0.2, 0.25) is 18.1 Å². The van der Waals surface area contributed by atoms with Crippen molar-refractivity contribution in [3.8, 4) is 0 Å². The third kappa shape index (κ3) is 3.45. The Hall–Kier alpha value is -1.33. The third-order valence-corrected chi connectivity index (χ3v) is 10.0. The molecule has 1 fully saturated rings. The summed E-state index contributed by atoms with van der Waals surface area (Å²) in [4.78, 5) is 13.3. The SMILES string of the molecule is CC(C)(C)[Si](C)(C)O[C@@H]1CN(C(=O)O)[C@](C)(c2ccccc2)C1. The summed E-state index contributed by atoms with van der Waals surface area (Å²) in [7, 11) is -1.92. The largest absolute Gasteiger partial charge is 0.465 e. The Balaban J connectivity index is 2.27. The fourth-order valence-corrected chi connectivity index (χ4v) is 4.40. The molecule has 0 bridgehead atoms. The highest BCUT2D eigenvalue weighted by molar-refractivity contribution is 6.74. The molecule has 4 nitrogen and oxygen atoms in total. The van der Waals surface area contributed by atoms with E-state index in [9.17, 15) is 9.90 Å². The molecule has 1 amide bonds. The maximum Gasteiger partial charge on any atom is 0.408 e. The standard InChI is InChI=1S/C18H29NO3Si/c1-17(2,3)23(5,6)22-15-12-18(4,19(13-15)16(20)21)14-10-8-7-9-11-14/h7-11,15H,12-13H2,1-6H3,(H,20,21)/t15-,18-/m0/s1. The van der Waals surface area contributed by atoms with Gasteiger partial charge in [-0.05, 0) is 30.6 Å². The van der Waals surface area contributed by atoms with E-state index < -0.39 is 19.9 Å². The maximum atomic E-state index is 11.8. The fourth-order valence-electron chi connectivity index (χ4n) is 3.06. The Kier molecular flexibility index (Phi) is 4.66. The minimum Gasteiger partial charge on any atom is -0.465 e. The molecule has 0 radical (unpaired) electrons. The molecule has 1 N–H and O–H groups in total. The van der Waals surface area contributed by atoms with E-state index in [4.69, 9.17) is 4.43 Å². The van der Waals surface area contributed by atoms with Crippen molar-refractivity contribution >= 4 is 14.4 Å². The first-order valence-electron chi connectivity index (χ1n) is 8.21. The Morgan fingerprint density at radius 1 is 1.30 bits per heavy atom. The second kappa shape index (κ2) is 5.95. The van der Waals surface area contributed by atoms with Gasteiger partial charge in [0.25, 0.3) is 0 Å².